The van der Waals surface area contributed by atoms with Crippen molar-refractivity contribution in [2.45, 2.75) is 63.3 Å². The minimum absolute atomic E-state index is 0.0190. The van der Waals surface area contributed by atoms with Crippen molar-refractivity contribution in [3.05, 3.63) is 48.0 Å². The van der Waals surface area contributed by atoms with E-state index in [0.717, 1.165) is 49.6 Å². The van der Waals surface area contributed by atoms with Gasteiger partial charge < -0.3 is 24.4 Å². The second-order valence-electron chi connectivity index (χ2n) is 9.87. The van der Waals surface area contributed by atoms with Crippen LogP contribution in [0.15, 0.2) is 42.5 Å². The standard InChI is InChI=1S/C28H35N5O5/c1-36-20-13-14-22(25(16-20)37-2)27(28(35)29-17-21-10-7-15-38-21)33(19-8-3-4-9-19)26(34)18-32-24-12-6-5-11-23(24)30-31-32/h5-6,11-14,16,19,21,27H,3-4,7-10,15,17-18H2,1-2H3,(H,29,35)/t21-,27-/m1/s1. The van der Waals surface area contributed by atoms with Crippen LogP contribution in [0, 0.1) is 0 Å². The Labute approximate surface area is 222 Å². The van der Waals surface area contributed by atoms with Gasteiger partial charge in [-0.3, -0.25) is 9.59 Å². The van der Waals surface area contributed by atoms with Gasteiger partial charge in [0.25, 0.3) is 0 Å². The molecule has 2 aliphatic rings. The molecule has 10 nitrogen and oxygen atoms in total. The summed E-state index contributed by atoms with van der Waals surface area (Å²) in [6.45, 7) is 1.08. The maximum atomic E-state index is 14.1. The number of hydrogen-bond acceptors (Lipinski definition) is 7. The Bertz CT molecular complexity index is 1270. The molecule has 0 radical (unpaired) electrons. The molecule has 0 unspecified atom stereocenters. The van der Waals surface area contributed by atoms with Crippen LogP contribution in [0.3, 0.4) is 0 Å². The molecule has 202 valence electrons. The van der Waals surface area contributed by atoms with Crippen molar-refractivity contribution in [3.63, 3.8) is 0 Å². The molecule has 2 aromatic carbocycles. The number of aromatic nitrogens is 3. The van der Waals surface area contributed by atoms with Gasteiger partial charge in [0.2, 0.25) is 11.8 Å². The summed E-state index contributed by atoms with van der Waals surface area (Å²) in [6, 6.07) is 11.9. The van der Waals surface area contributed by atoms with Crippen molar-refractivity contribution in [2.24, 2.45) is 0 Å². The van der Waals surface area contributed by atoms with E-state index in [1.165, 1.54) is 0 Å². The second-order valence-corrected chi connectivity index (χ2v) is 9.87. The topological polar surface area (TPSA) is 108 Å². The number of nitrogens with zero attached hydrogens (tertiary/aromatic N) is 4. The number of carbonyl (C=O) groups is 2. The number of hydrogen-bond donors (Lipinski definition) is 1. The summed E-state index contributed by atoms with van der Waals surface area (Å²) in [4.78, 5) is 29.8. The van der Waals surface area contributed by atoms with Crippen LogP contribution in [0.2, 0.25) is 0 Å². The highest BCUT2D eigenvalue weighted by molar-refractivity contribution is 5.90. The Balaban J connectivity index is 1.52. The molecule has 2 heterocycles. The molecular formula is C28H35N5O5. The van der Waals surface area contributed by atoms with E-state index >= 15 is 0 Å². The molecular weight excluding hydrogens is 486 g/mol. The van der Waals surface area contributed by atoms with E-state index in [4.69, 9.17) is 14.2 Å². The number of rotatable bonds is 10. The SMILES string of the molecule is COc1ccc([C@H](C(=O)NC[C@H]2CCCO2)N(C(=O)Cn2nnc3ccccc32)C2CCCC2)c(OC)c1. The molecule has 1 N–H and O–H groups in total. The van der Waals surface area contributed by atoms with E-state index < -0.39 is 6.04 Å². The fourth-order valence-electron chi connectivity index (χ4n) is 5.56. The first-order valence-corrected chi connectivity index (χ1v) is 13.3. The van der Waals surface area contributed by atoms with Crippen LogP contribution in [-0.4, -0.2) is 71.2 Å². The van der Waals surface area contributed by atoms with Gasteiger partial charge in [0.1, 0.15) is 29.6 Å². The van der Waals surface area contributed by atoms with Crippen molar-refractivity contribution < 1.29 is 23.8 Å². The number of fused-ring (bicyclic) bond motifs is 1. The molecule has 0 bridgehead atoms. The minimum atomic E-state index is -0.886. The van der Waals surface area contributed by atoms with Gasteiger partial charge in [-0.05, 0) is 49.9 Å². The van der Waals surface area contributed by atoms with Gasteiger partial charge in [-0.25, -0.2) is 4.68 Å². The molecule has 2 fully saturated rings. The van der Waals surface area contributed by atoms with Crippen molar-refractivity contribution in [1.29, 1.82) is 0 Å². The lowest BCUT2D eigenvalue weighted by molar-refractivity contribution is -0.144. The molecule has 1 saturated carbocycles. The highest BCUT2D eigenvalue weighted by Gasteiger charge is 2.39. The van der Waals surface area contributed by atoms with Crippen molar-refractivity contribution in [3.8, 4) is 11.5 Å². The maximum Gasteiger partial charge on any atom is 0.247 e. The zero-order chi connectivity index (χ0) is 26.5. The summed E-state index contributed by atoms with van der Waals surface area (Å²) < 4.78 is 18.4. The monoisotopic (exact) mass is 521 g/mol. The zero-order valence-corrected chi connectivity index (χ0v) is 22.0. The van der Waals surface area contributed by atoms with Gasteiger partial charge in [-0.2, -0.15) is 0 Å². The van der Waals surface area contributed by atoms with Crippen LogP contribution >= 0.6 is 0 Å². The van der Waals surface area contributed by atoms with Crippen LogP contribution in [-0.2, 0) is 20.9 Å². The molecule has 5 rings (SSSR count). The Morgan fingerprint density at radius 2 is 1.92 bits per heavy atom. The predicted molar refractivity (Wildman–Crippen MR) is 141 cm³/mol. The summed E-state index contributed by atoms with van der Waals surface area (Å²) in [5, 5.41) is 11.5. The molecule has 10 heteroatoms. The average Bonchev–Trinajstić information content (AvgIpc) is 3.73. The first-order valence-electron chi connectivity index (χ1n) is 13.3. The molecule has 1 saturated heterocycles. The van der Waals surface area contributed by atoms with Gasteiger partial charge >= 0.3 is 0 Å². The normalized spacial score (nSPS) is 18.4. The van der Waals surface area contributed by atoms with E-state index in [9.17, 15) is 9.59 Å². The number of nitrogens with one attached hydrogen (secondary N) is 1. The van der Waals surface area contributed by atoms with Gasteiger partial charge in [0.15, 0.2) is 0 Å². The van der Waals surface area contributed by atoms with Crippen LogP contribution in [0.1, 0.15) is 50.1 Å². The van der Waals surface area contributed by atoms with E-state index in [0.29, 0.717) is 30.2 Å². The summed E-state index contributed by atoms with van der Waals surface area (Å²) in [5.41, 5.74) is 2.10. The number of amides is 2. The molecule has 3 aromatic rings. The molecule has 0 spiro atoms. The highest BCUT2D eigenvalue weighted by Crippen LogP contribution is 2.37. The van der Waals surface area contributed by atoms with Crippen LogP contribution in [0.4, 0.5) is 0 Å². The van der Waals surface area contributed by atoms with E-state index in [2.05, 4.69) is 15.6 Å². The number of carbonyl (C=O) groups excluding carboxylic acids is 2. The second kappa shape index (κ2) is 11.8. The van der Waals surface area contributed by atoms with Gasteiger partial charge in [0.05, 0.1) is 25.8 Å². The lowest BCUT2D eigenvalue weighted by Gasteiger charge is -2.36. The Morgan fingerprint density at radius 1 is 1.11 bits per heavy atom. The maximum absolute atomic E-state index is 14.1. The Morgan fingerprint density at radius 3 is 2.66 bits per heavy atom. The number of methoxy groups -OCH3 is 2. The van der Waals surface area contributed by atoms with Crippen LogP contribution in [0.25, 0.3) is 11.0 Å². The molecule has 1 aliphatic heterocycles. The fraction of sp³-hybridized carbons (Fsp3) is 0.500. The third-order valence-electron chi connectivity index (χ3n) is 7.50. The zero-order valence-electron chi connectivity index (χ0n) is 22.0. The van der Waals surface area contributed by atoms with Gasteiger partial charge in [-0.1, -0.05) is 30.2 Å². The quantitative estimate of drug-likeness (QED) is 0.436. The Hall–Kier alpha value is -3.66. The van der Waals surface area contributed by atoms with Crippen LogP contribution < -0.4 is 14.8 Å². The van der Waals surface area contributed by atoms with Gasteiger partial charge in [0, 0.05) is 30.8 Å². The third kappa shape index (κ3) is 5.45. The molecule has 1 aliphatic carbocycles. The average molecular weight is 522 g/mol. The first kappa shape index (κ1) is 26.0. The third-order valence-corrected chi connectivity index (χ3v) is 7.50. The molecule has 2 amide bonds. The fourth-order valence-corrected chi connectivity index (χ4v) is 5.56. The molecule has 2 atom stereocenters. The van der Waals surface area contributed by atoms with E-state index in [1.807, 2.05) is 30.3 Å². The first-order chi connectivity index (χ1) is 18.6. The smallest absolute Gasteiger partial charge is 0.247 e. The largest absolute Gasteiger partial charge is 0.497 e. The highest BCUT2D eigenvalue weighted by atomic mass is 16.5. The van der Waals surface area contributed by atoms with Crippen LogP contribution in [0.5, 0.6) is 11.5 Å². The summed E-state index contributed by atoms with van der Waals surface area (Å²) in [7, 11) is 3.14. The van der Waals surface area contributed by atoms with Crippen molar-refractivity contribution >= 4 is 22.8 Å². The van der Waals surface area contributed by atoms with Crippen molar-refractivity contribution in [2.75, 3.05) is 27.4 Å². The van der Waals surface area contributed by atoms with E-state index in [-0.39, 0.29) is 30.5 Å². The summed E-state index contributed by atoms with van der Waals surface area (Å²) >= 11 is 0. The summed E-state index contributed by atoms with van der Waals surface area (Å²) in [5.74, 6) is 0.649. The van der Waals surface area contributed by atoms with E-state index in [1.54, 1.807) is 35.9 Å². The number of para-hydroxylation sites is 1. The van der Waals surface area contributed by atoms with Crippen molar-refractivity contribution in [1.82, 2.24) is 25.2 Å². The minimum Gasteiger partial charge on any atom is -0.497 e. The summed E-state index contributed by atoms with van der Waals surface area (Å²) in [6.07, 6.45) is 5.54. The molecule has 38 heavy (non-hydrogen) atoms. The lowest BCUT2D eigenvalue weighted by Crippen LogP contribution is -2.50. The predicted octanol–water partition coefficient (Wildman–Crippen LogP) is 3.26. The Kier molecular flexibility index (Phi) is 8.07. The van der Waals surface area contributed by atoms with Gasteiger partial charge in [-0.15, -0.1) is 5.10 Å². The number of benzene rings is 2. The lowest BCUT2D eigenvalue weighted by atomic mass is 9.99. The number of ether oxygens (including phenoxy) is 3. The molecule has 1 aromatic heterocycles.